The summed E-state index contributed by atoms with van der Waals surface area (Å²) >= 11 is 0. The summed E-state index contributed by atoms with van der Waals surface area (Å²) in [5.41, 5.74) is 0.925. The molecule has 0 bridgehead atoms. The molecule has 0 saturated carbocycles. The first-order valence-corrected chi connectivity index (χ1v) is 6.64. The largest absolute Gasteiger partial charge is 0.497 e. The summed E-state index contributed by atoms with van der Waals surface area (Å²) in [6.45, 7) is 2.72. The number of halogens is 1. The fourth-order valence-electron chi connectivity index (χ4n) is 2.10. The maximum absolute atomic E-state index is 5.31. The van der Waals surface area contributed by atoms with Crippen LogP contribution in [0.2, 0.25) is 0 Å². The van der Waals surface area contributed by atoms with Gasteiger partial charge < -0.3 is 14.6 Å². The van der Waals surface area contributed by atoms with Gasteiger partial charge in [0.1, 0.15) is 5.75 Å². The average molecular weight is 311 g/mol. The van der Waals surface area contributed by atoms with Gasteiger partial charge in [-0.25, -0.2) is 0 Å². The molecule has 21 heavy (non-hydrogen) atoms. The molecule has 1 N–H and O–H groups in total. The summed E-state index contributed by atoms with van der Waals surface area (Å²) in [5, 5.41) is 7.28. The Morgan fingerprint density at radius 3 is 2.62 bits per heavy atom. The van der Waals surface area contributed by atoms with Gasteiger partial charge in [0.2, 0.25) is 11.7 Å². The summed E-state index contributed by atoms with van der Waals surface area (Å²) < 4.78 is 10.4. The van der Waals surface area contributed by atoms with Gasteiger partial charge in [-0.2, -0.15) is 4.98 Å². The van der Waals surface area contributed by atoms with Crippen molar-refractivity contribution in [2.75, 3.05) is 27.2 Å². The molecule has 1 saturated heterocycles. The van der Waals surface area contributed by atoms with Crippen molar-refractivity contribution in [2.45, 2.75) is 12.6 Å². The van der Waals surface area contributed by atoms with Crippen molar-refractivity contribution in [1.29, 1.82) is 0 Å². The third-order valence-corrected chi connectivity index (χ3v) is 3.58. The van der Waals surface area contributed by atoms with Crippen molar-refractivity contribution in [3.8, 4) is 17.1 Å². The molecule has 3 rings (SSSR count). The van der Waals surface area contributed by atoms with Gasteiger partial charge in [0, 0.05) is 24.7 Å². The molecule has 1 fully saturated rings. The molecule has 1 aromatic heterocycles. The van der Waals surface area contributed by atoms with Crippen LogP contribution in [0.1, 0.15) is 5.89 Å². The highest BCUT2D eigenvalue weighted by Crippen LogP contribution is 2.20. The Kier molecular flexibility index (Phi) is 5.17. The van der Waals surface area contributed by atoms with E-state index in [0.717, 1.165) is 24.4 Å². The van der Waals surface area contributed by atoms with E-state index in [1.54, 1.807) is 7.11 Å². The molecule has 0 spiro atoms. The quantitative estimate of drug-likeness (QED) is 0.904. The summed E-state index contributed by atoms with van der Waals surface area (Å²) in [5.74, 6) is 2.07. The number of hydrogen-bond acceptors (Lipinski definition) is 6. The van der Waals surface area contributed by atoms with Crippen molar-refractivity contribution in [3.05, 3.63) is 30.2 Å². The lowest BCUT2D eigenvalue weighted by atomic mass is 10.1. The van der Waals surface area contributed by atoms with Crippen LogP contribution < -0.4 is 10.1 Å². The molecular formula is C14H19ClN4O2. The second-order valence-electron chi connectivity index (χ2n) is 4.97. The number of benzene rings is 1. The van der Waals surface area contributed by atoms with E-state index in [1.807, 2.05) is 24.3 Å². The monoisotopic (exact) mass is 310 g/mol. The van der Waals surface area contributed by atoms with Crippen molar-refractivity contribution in [2.24, 2.45) is 0 Å². The molecule has 0 amide bonds. The van der Waals surface area contributed by atoms with E-state index in [4.69, 9.17) is 9.26 Å². The van der Waals surface area contributed by atoms with Gasteiger partial charge in [0.05, 0.1) is 13.7 Å². The number of methoxy groups -OCH3 is 1. The molecule has 2 heterocycles. The van der Waals surface area contributed by atoms with Crippen LogP contribution in [0, 0.1) is 0 Å². The van der Waals surface area contributed by atoms with Crippen molar-refractivity contribution < 1.29 is 9.26 Å². The Labute approximate surface area is 129 Å². The van der Waals surface area contributed by atoms with Gasteiger partial charge in [0.15, 0.2) is 0 Å². The number of nitrogens with zero attached hydrogens (tertiary/aromatic N) is 3. The fourth-order valence-corrected chi connectivity index (χ4v) is 2.10. The van der Waals surface area contributed by atoms with E-state index in [0.29, 0.717) is 24.3 Å². The minimum absolute atomic E-state index is 0. The number of likely N-dealkylation sites (N-methyl/N-ethyl adjacent to an activating group) is 1. The zero-order valence-corrected chi connectivity index (χ0v) is 12.9. The van der Waals surface area contributed by atoms with E-state index in [2.05, 4.69) is 27.4 Å². The van der Waals surface area contributed by atoms with Crippen molar-refractivity contribution >= 4 is 12.4 Å². The van der Waals surface area contributed by atoms with E-state index in [1.165, 1.54) is 0 Å². The highest BCUT2D eigenvalue weighted by Gasteiger charge is 2.23. The highest BCUT2D eigenvalue weighted by molar-refractivity contribution is 5.85. The Hall–Kier alpha value is -1.63. The Morgan fingerprint density at radius 2 is 2.05 bits per heavy atom. The number of aromatic nitrogens is 2. The Balaban J connectivity index is 0.00000161. The molecular weight excluding hydrogens is 292 g/mol. The number of ether oxygens (including phenoxy) is 1. The molecule has 7 heteroatoms. The normalized spacial score (nSPS) is 14.6. The number of nitrogens with one attached hydrogen (secondary N) is 1. The second kappa shape index (κ2) is 6.89. The lowest BCUT2D eigenvalue weighted by Gasteiger charge is -2.34. The first-order valence-electron chi connectivity index (χ1n) is 6.64. The summed E-state index contributed by atoms with van der Waals surface area (Å²) in [6.07, 6.45) is 0. The summed E-state index contributed by atoms with van der Waals surface area (Å²) in [6, 6.07) is 8.18. The molecule has 0 aliphatic carbocycles. The van der Waals surface area contributed by atoms with Crippen molar-refractivity contribution in [1.82, 2.24) is 20.4 Å². The van der Waals surface area contributed by atoms with Crippen LogP contribution in [0.25, 0.3) is 11.4 Å². The maximum Gasteiger partial charge on any atom is 0.241 e. The average Bonchev–Trinajstić information content (AvgIpc) is 2.85. The van der Waals surface area contributed by atoms with Gasteiger partial charge in [0.25, 0.3) is 0 Å². The van der Waals surface area contributed by atoms with Gasteiger partial charge >= 0.3 is 0 Å². The Morgan fingerprint density at radius 1 is 1.33 bits per heavy atom. The SMILES string of the molecule is COc1ccc(-c2noc(CN(C)C3CNC3)n2)cc1.Cl. The summed E-state index contributed by atoms with van der Waals surface area (Å²) in [7, 11) is 3.72. The zero-order valence-electron chi connectivity index (χ0n) is 12.1. The minimum Gasteiger partial charge on any atom is -0.497 e. The molecule has 0 unspecified atom stereocenters. The molecule has 2 aromatic rings. The molecule has 0 atom stereocenters. The summed E-state index contributed by atoms with van der Waals surface area (Å²) in [4.78, 5) is 6.66. The second-order valence-corrected chi connectivity index (χ2v) is 4.97. The topological polar surface area (TPSA) is 63.4 Å². The van der Waals surface area contributed by atoms with Gasteiger partial charge in [-0.05, 0) is 31.3 Å². The van der Waals surface area contributed by atoms with Crippen LogP contribution in [0.4, 0.5) is 0 Å². The van der Waals surface area contributed by atoms with Crippen LogP contribution in [0.15, 0.2) is 28.8 Å². The van der Waals surface area contributed by atoms with E-state index >= 15 is 0 Å². The standard InChI is InChI=1S/C14H18N4O2.ClH/c1-18(11-7-15-8-11)9-13-16-14(17-20-13)10-3-5-12(19-2)6-4-10;/h3-6,11,15H,7-9H2,1-2H3;1H. The van der Waals surface area contributed by atoms with Gasteiger partial charge in [-0.15, -0.1) is 12.4 Å². The third kappa shape index (κ3) is 3.53. The first-order chi connectivity index (χ1) is 9.76. The van der Waals surface area contributed by atoms with E-state index < -0.39 is 0 Å². The van der Waals surface area contributed by atoms with Crippen LogP contribution in [0.3, 0.4) is 0 Å². The third-order valence-electron chi connectivity index (χ3n) is 3.58. The minimum atomic E-state index is 0. The van der Waals surface area contributed by atoms with Gasteiger partial charge in [-0.1, -0.05) is 5.16 Å². The predicted octanol–water partition coefficient (Wildman–Crippen LogP) is 1.57. The zero-order chi connectivity index (χ0) is 13.9. The maximum atomic E-state index is 5.31. The fraction of sp³-hybridized carbons (Fsp3) is 0.429. The van der Waals surface area contributed by atoms with E-state index in [-0.39, 0.29) is 12.4 Å². The smallest absolute Gasteiger partial charge is 0.241 e. The lowest BCUT2D eigenvalue weighted by Crippen LogP contribution is -2.55. The van der Waals surface area contributed by atoms with Gasteiger partial charge in [-0.3, -0.25) is 4.90 Å². The number of hydrogen-bond donors (Lipinski definition) is 1. The molecule has 0 radical (unpaired) electrons. The molecule has 1 aromatic carbocycles. The lowest BCUT2D eigenvalue weighted by molar-refractivity contribution is 0.155. The van der Waals surface area contributed by atoms with Crippen LogP contribution in [-0.2, 0) is 6.54 Å². The van der Waals surface area contributed by atoms with Crippen LogP contribution in [0.5, 0.6) is 5.75 Å². The predicted molar refractivity (Wildman–Crippen MR) is 81.7 cm³/mol. The molecule has 1 aliphatic rings. The highest BCUT2D eigenvalue weighted by atomic mass is 35.5. The number of rotatable bonds is 5. The molecule has 1 aliphatic heterocycles. The molecule has 114 valence electrons. The van der Waals surface area contributed by atoms with Crippen LogP contribution in [-0.4, -0.2) is 48.3 Å². The Bertz CT molecular complexity index is 569. The van der Waals surface area contributed by atoms with E-state index in [9.17, 15) is 0 Å². The molecule has 6 nitrogen and oxygen atoms in total. The van der Waals surface area contributed by atoms with Crippen LogP contribution >= 0.6 is 12.4 Å². The van der Waals surface area contributed by atoms with Crippen molar-refractivity contribution in [3.63, 3.8) is 0 Å². The first kappa shape index (κ1) is 15.8.